The molecule has 2 aliphatic heterocycles. The van der Waals surface area contributed by atoms with E-state index in [1.165, 1.54) is 24.0 Å². The lowest BCUT2D eigenvalue weighted by Gasteiger charge is -2.48. The Balaban J connectivity index is 1.50. The van der Waals surface area contributed by atoms with E-state index in [2.05, 4.69) is 5.32 Å². The highest BCUT2D eigenvalue weighted by atomic mass is 19.1. The number of ketones is 1. The molecule has 0 amide bonds. The standard InChI is InChI=1S/C32H28F4N2O6/c1-32(31(41)42)29(43-16-18-6-3-2-4-7-18)28(39)22(30(40)44-17-23-25(35)12-19(33)13-26(23)36)15-38(32)20-10-11-21-24(34)8-5-9-27(21)37-14-20/h2-9,12-13,15,20,29,37H,10-11,14,16-17H2,1H3,(H,41,42)/t20?,29-,32+/m0/s1. The number of nitrogens with one attached hydrogen (secondary N) is 1. The molecule has 0 spiro atoms. The van der Waals surface area contributed by atoms with Gasteiger partial charge in [0.05, 0.1) is 12.2 Å². The number of carbonyl (C=O) groups is 3. The van der Waals surface area contributed by atoms with E-state index < -0.39 is 76.4 Å². The number of carboxylic acids is 1. The average Bonchev–Trinajstić information content (AvgIpc) is 3.20. The fraction of sp³-hybridized carbons (Fsp3) is 0.281. The van der Waals surface area contributed by atoms with Crippen molar-refractivity contribution in [2.45, 2.75) is 50.7 Å². The summed E-state index contributed by atoms with van der Waals surface area (Å²) < 4.78 is 67.3. The van der Waals surface area contributed by atoms with E-state index >= 15 is 0 Å². The second-order valence-electron chi connectivity index (χ2n) is 10.7. The number of hydrogen-bond acceptors (Lipinski definition) is 7. The molecule has 0 bridgehead atoms. The number of halogens is 4. The first-order valence-electron chi connectivity index (χ1n) is 13.8. The summed E-state index contributed by atoms with van der Waals surface area (Å²) in [6, 6.07) is 13.3. The van der Waals surface area contributed by atoms with Crippen LogP contribution in [0.25, 0.3) is 0 Å². The number of Topliss-reactive ketones (excluding diaryl/α,β-unsaturated/α-hetero) is 1. The Hall–Kier alpha value is -4.71. The van der Waals surface area contributed by atoms with Crippen LogP contribution in [-0.2, 0) is 43.5 Å². The molecule has 0 aromatic heterocycles. The van der Waals surface area contributed by atoms with Crippen LogP contribution in [0.2, 0.25) is 0 Å². The van der Waals surface area contributed by atoms with Gasteiger partial charge in [0.1, 0.15) is 35.4 Å². The monoisotopic (exact) mass is 612 g/mol. The summed E-state index contributed by atoms with van der Waals surface area (Å²) >= 11 is 0. The third kappa shape index (κ3) is 5.89. The normalized spacial score (nSPS) is 21.5. The molecule has 3 aromatic carbocycles. The third-order valence-corrected chi connectivity index (χ3v) is 7.95. The van der Waals surface area contributed by atoms with E-state index in [1.807, 2.05) is 0 Å². The van der Waals surface area contributed by atoms with Crippen LogP contribution < -0.4 is 5.32 Å². The van der Waals surface area contributed by atoms with E-state index in [-0.39, 0.29) is 26.0 Å². The molecule has 230 valence electrons. The van der Waals surface area contributed by atoms with Gasteiger partial charge in [-0.25, -0.2) is 27.2 Å². The number of fused-ring (bicyclic) bond motifs is 1. The SMILES string of the molecule is C[C@]1(C(=O)O)[C@@H](OCc2ccccc2)C(=O)C(C(=O)OCc2c(F)cc(F)cc2F)=CN1C1CCc2c(F)cccc2NC1. The van der Waals surface area contributed by atoms with Crippen LogP contribution in [0.3, 0.4) is 0 Å². The Morgan fingerprint density at radius 2 is 1.70 bits per heavy atom. The molecule has 8 nitrogen and oxygen atoms in total. The minimum Gasteiger partial charge on any atom is -0.479 e. The summed E-state index contributed by atoms with van der Waals surface area (Å²) in [5.74, 6) is -7.91. The summed E-state index contributed by atoms with van der Waals surface area (Å²) in [7, 11) is 0. The first kappa shape index (κ1) is 30.7. The van der Waals surface area contributed by atoms with Gasteiger partial charge in [-0.3, -0.25) is 4.79 Å². The maximum absolute atomic E-state index is 14.6. The lowest BCUT2D eigenvalue weighted by molar-refractivity contribution is -0.171. The second kappa shape index (κ2) is 12.5. The van der Waals surface area contributed by atoms with Gasteiger partial charge < -0.3 is 24.8 Å². The fourth-order valence-corrected chi connectivity index (χ4v) is 5.50. The number of esters is 1. The van der Waals surface area contributed by atoms with Gasteiger partial charge in [0.15, 0.2) is 11.6 Å². The molecule has 3 aromatic rings. The van der Waals surface area contributed by atoms with Crippen LogP contribution in [-0.4, -0.2) is 52.0 Å². The molecule has 3 atom stereocenters. The first-order valence-corrected chi connectivity index (χ1v) is 13.8. The maximum atomic E-state index is 14.6. The predicted octanol–water partition coefficient (Wildman–Crippen LogP) is 4.91. The Morgan fingerprint density at radius 3 is 2.39 bits per heavy atom. The van der Waals surface area contributed by atoms with Gasteiger partial charge >= 0.3 is 11.9 Å². The predicted molar refractivity (Wildman–Crippen MR) is 149 cm³/mol. The molecule has 2 N–H and O–H groups in total. The van der Waals surface area contributed by atoms with Gasteiger partial charge in [-0.2, -0.15) is 0 Å². The van der Waals surface area contributed by atoms with Gasteiger partial charge in [0, 0.05) is 42.2 Å². The zero-order valence-corrected chi connectivity index (χ0v) is 23.5. The van der Waals surface area contributed by atoms with E-state index in [9.17, 15) is 37.1 Å². The van der Waals surface area contributed by atoms with Crippen molar-refractivity contribution >= 4 is 23.4 Å². The molecule has 2 heterocycles. The van der Waals surface area contributed by atoms with E-state index in [0.717, 1.165) is 6.20 Å². The van der Waals surface area contributed by atoms with Crippen molar-refractivity contribution < 1.29 is 46.5 Å². The average molecular weight is 613 g/mol. The second-order valence-corrected chi connectivity index (χ2v) is 10.7. The number of ether oxygens (including phenoxy) is 2. The first-order chi connectivity index (χ1) is 21.0. The molecular formula is C32H28F4N2O6. The van der Waals surface area contributed by atoms with E-state index in [0.29, 0.717) is 28.9 Å². The zero-order chi connectivity index (χ0) is 31.6. The van der Waals surface area contributed by atoms with E-state index in [1.54, 1.807) is 36.4 Å². The Kier molecular flexibility index (Phi) is 8.73. The summed E-state index contributed by atoms with van der Waals surface area (Å²) in [5, 5.41) is 13.6. The van der Waals surface area contributed by atoms with Crippen molar-refractivity contribution in [1.82, 2.24) is 4.90 Å². The number of aliphatic carboxylic acids is 1. The number of anilines is 1. The van der Waals surface area contributed by atoms with Crippen LogP contribution in [0, 0.1) is 23.3 Å². The van der Waals surface area contributed by atoms with Gasteiger partial charge in [0.2, 0.25) is 5.78 Å². The summed E-state index contributed by atoms with van der Waals surface area (Å²) in [6.45, 7) is 0.266. The highest BCUT2D eigenvalue weighted by Crippen LogP contribution is 2.37. The summed E-state index contributed by atoms with van der Waals surface area (Å²) in [5.41, 5.74) is -1.82. The Labute approximate surface area is 249 Å². The molecule has 0 radical (unpaired) electrons. The quantitative estimate of drug-likeness (QED) is 0.210. The summed E-state index contributed by atoms with van der Waals surface area (Å²) in [6.07, 6.45) is -0.230. The van der Waals surface area contributed by atoms with Crippen LogP contribution in [0.5, 0.6) is 0 Å². The fourth-order valence-electron chi connectivity index (χ4n) is 5.50. The lowest BCUT2D eigenvalue weighted by atomic mass is 9.82. The van der Waals surface area contributed by atoms with Crippen molar-refractivity contribution in [2.24, 2.45) is 0 Å². The Bertz CT molecular complexity index is 1610. The highest BCUT2D eigenvalue weighted by Gasteiger charge is 2.56. The molecule has 0 fully saturated rings. The number of benzene rings is 3. The Morgan fingerprint density at radius 1 is 1.00 bits per heavy atom. The molecule has 12 heteroatoms. The van der Waals surface area contributed by atoms with Gasteiger partial charge in [0.25, 0.3) is 0 Å². The number of carboxylic acid groups (broad SMARTS) is 1. The molecule has 5 rings (SSSR count). The third-order valence-electron chi connectivity index (χ3n) is 7.95. The van der Waals surface area contributed by atoms with Crippen molar-refractivity contribution in [3.63, 3.8) is 0 Å². The highest BCUT2D eigenvalue weighted by molar-refractivity contribution is 6.21. The molecule has 0 saturated carbocycles. The molecule has 0 aliphatic carbocycles. The van der Waals surface area contributed by atoms with Gasteiger partial charge in [-0.15, -0.1) is 0 Å². The molecule has 2 aliphatic rings. The number of rotatable bonds is 8. The van der Waals surface area contributed by atoms with Crippen molar-refractivity contribution in [2.75, 3.05) is 11.9 Å². The summed E-state index contributed by atoms with van der Waals surface area (Å²) in [4.78, 5) is 41.3. The van der Waals surface area contributed by atoms with Crippen LogP contribution in [0.4, 0.5) is 23.2 Å². The largest absolute Gasteiger partial charge is 0.479 e. The smallest absolute Gasteiger partial charge is 0.343 e. The molecule has 1 unspecified atom stereocenters. The van der Waals surface area contributed by atoms with Crippen molar-refractivity contribution in [3.05, 3.63) is 112 Å². The number of carbonyl (C=O) groups excluding carboxylic acids is 2. The van der Waals surface area contributed by atoms with Gasteiger partial charge in [-0.1, -0.05) is 36.4 Å². The van der Waals surface area contributed by atoms with Crippen LogP contribution >= 0.6 is 0 Å². The van der Waals surface area contributed by atoms with E-state index in [4.69, 9.17) is 9.47 Å². The van der Waals surface area contributed by atoms with Crippen molar-refractivity contribution in [1.29, 1.82) is 0 Å². The minimum absolute atomic E-state index is 0.115. The maximum Gasteiger partial charge on any atom is 0.343 e. The number of nitrogens with zero attached hydrogens (tertiary/aromatic N) is 1. The minimum atomic E-state index is -2.04. The van der Waals surface area contributed by atoms with Crippen LogP contribution in [0.1, 0.15) is 30.0 Å². The lowest BCUT2D eigenvalue weighted by Crippen LogP contribution is -2.67. The van der Waals surface area contributed by atoms with Gasteiger partial charge in [-0.05, 0) is 37.5 Å². The molecule has 0 saturated heterocycles. The van der Waals surface area contributed by atoms with Crippen LogP contribution in [0.15, 0.2) is 72.4 Å². The molecular weight excluding hydrogens is 584 g/mol. The zero-order valence-electron chi connectivity index (χ0n) is 23.5. The molecule has 44 heavy (non-hydrogen) atoms. The topological polar surface area (TPSA) is 105 Å². The number of hydrogen-bond donors (Lipinski definition) is 2. The van der Waals surface area contributed by atoms with Crippen molar-refractivity contribution in [3.8, 4) is 0 Å².